The van der Waals surface area contributed by atoms with Crippen molar-refractivity contribution in [3.05, 3.63) is 47.5 Å². The molecule has 0 saturated carbocycles. The molecule has 2 aromatic carbocycles. The summed E-state index contributed by atoms with van der Waals surface area (Å²) in [5, 5.41) is 5.66. The Balaban J connectivity index is 0.00000160. The number of hydroxylamine groups is 2. The van der Waals surface area contributed by atoms with Crippen LogP contribution in [0.2, 0.25) is 5.02 Å². The van der Waals surface area contributed by atoms with Crippen molar-refractivity contribution in [2.24, 2.45) is 0 Å². The Morgan fingerprint density at radius 3 is 2.57 bits per heavy atom. The highest BCUT2D eigenvalue weighted by Gasteiger charge is 2.17. The van der Waals surface area contributed by atoms with Crippen LogP contribution in [0, 0.1) is 5.82 Å². The van der Waals surface area contributed by atoms with E-state index in [-0.39, 0.29) is 35.5 Å². The van der Waals surface area contributed by atoms with Crippen LogP contribution < -0.4 is 14.9 Å². The second-order valence-electron chi connectivity index (χ2n) is 6.55. The number of rotatable bonds is 5. The fraction of sp³-hybridized carbons (Fsp3) is 0.300. The molecule has 1 aromatic heterocycles. The molecule has 1 fully saturated rings. The molecule has 0 atom stereocenters. The lowest BCUT2D eigenvalue weighted by molar-refractivity contribution is -0.0734. The minimum atomic E-state index is -0.534. The number of halogens is 4. The number of piperidine rings is 1. The molecule has 1 aliphatic rings. The molecule has 1 aliphatic heterocycles. The summed E-state index contributed by atoms with van der Waals surface area (Å²) < 4.78 is 19.8. The average Bonchev–Trinajstić information content (AvgIpc) is 2.72. The van der Waals surface area contributed by atoms with Gasteiger partial charge in [-0.25, -0.2) is 14.4 Å². The van der Waals surface area contributed by atoms with Crippen molar-refractivity contribution < 1.29 is 14.0 Å². The van der Waals surface area contributed by atoms with E-state index in [0.717, 1.165) is 25.9 Å². The molecule has 1 N–H and O–H groups in total. The summed E-state index contributed by atoms with van der Waals surface area (Å²) in [6, 6.07) is 8.36. The largest absolute Gasteiger partial charge is 0.493 e. The predicted octanol–water partition coefficient (Wildman–Crippen LogP) is 5.80. The quantitative estimate of drug-likeness (QED) is 0.503. The smallest absolute Gasteiger partial charge is 0.191 e. The van der Waals surface area contributed by atoms with Gasteiger partial charge in [0.2, 0.25) is 0 Å². The van der Waals surface area contributed by atoms with Crippen molar-refractivity contribution in [3.8, 4) is 11.5 Å². The van der Waals surface area contributed by atoms with E-state index in [1.807, 2.05) is 11.1 Å². The van der Waals surface area contributed by atoms with Crippen LogP contribution in [-0.2, 0) is 0 Å². The number of aromatic nitrogens is 2. The lowest BCUT2D eigenvalue weighted by atomic mass is 10.2. The van der Waals surface area contributed by atoms with Gasteiger partial charge in [0.25, 0.3) is 0 Å². The summed E-state index contributed by atoms with van der Waals surface area (Å²) in [6.07, 6.45) is 4.86. The van der Waals surface area contributed by atoms with E-state index in [1.54, 1.807) is 25.3 Å². The monoisotopic (exact) mass is 474 g/mol. The van der Waals surface area contributed by atoms with Crippen LogP contribution in [0.15, 0.2) is 36.7 Å². The van der Waals surface area contributed by atoms with Gasteiger partial charge in [-0.2, -0.15) is 0 Å². The van der Waals surface area contributed by atoms with Crippen molar-refractivity contribution >= 4 is 58.8 Å². The van der Waals surface area contributed by atoms with Crippen molar-refractivity contribution in [2.75, 3.05) is 25.5 Å². The van der Waals surface area contributed by atoms with Crippen molar-refractivity contribution in [1.82, 2.24) is 15.0 Å². The third kappa shape index (κ3) is 5.16. The van der Waals surface area contributed by atoms with E-state index < -0.39 is 5.82 Å². The first kappa shape index (κ1) is 24.2. The van der Waals surface area contributed by atoms with Gasteiger partial charge in [-0.3, -0.25) is 0 Å². The Morgan fingerprint density at radius 1 is 1.07 bits per heavy atom. The SMILES string of the molecule is COc1cc2c(Nc3cccc(Cl)c3F)ncnc2cc1ON1CCCCC1.Cl.Cl. The minimum Gasteiger partial charge on any atom is -0.493 e. The highest BCUT2D eigenvalue weighted by molar-refractivity contribution is 6.31. The Morgan fingerprint density at radius 2 is 1.83 bits per heavy atom. The van der Waals surface area contributed by atoms with Crippen LogP contribution in [0.1, 0.15) is 19.3 Å². The fourth-order valence-corrected chi connectivity index (χ4v) is 3.39. The number of anilines is 2. The topological polar surface area (TPSA) is 59.5 Å². The molecule has 0 amide bonds. The summed E-state index contributed by atoms with van der Waals surface area (Å²) in [5.41, 5.74) is 0.896. The molecule has 0 unspecified atom stereocenters. The van der Waals surface area contributed by atoms with Gasteiger partial charge in [0.15, 0.2) is 17.3 Å². The number of methoxy groups -OCH3 is 1. The predicted molar refractivity (Wildman–Crippen MR) is 121 cm³/mol. The van der Waals surface area contributed by atoms with Gasteiger partial charge in [0.05, 0.1) is 23.3 Å². The molecule has 3 aromatic rings. The van der Waals surface area contributed by atoms with E-state index in [1.165, 1.54) is 18.8 Å². The molecule has 0 spiro atoms. The molecule has 2 heterocycles. The number of nitrogens with one attached hydrogen (secondary N) is 1. The molecule has 4 rings (SSSR count). The maximum absolute atomic E-state index is 14.3. The molecule has 30 heavy (non-hydrogen) atoms. The van der Waals surface area contributed by atoms with Gasteiger partial charge >= 0.3 is 0 Å². The fourth-order valence-electron chi connectivity index (χ4n) is 3.22. The van der Waals surface area contributed by atoms with E-state index in [0.29, 0.717) is 28.2 Å². The van der Waals surface area contributed by atoms with Gasteiger partial charge in [0, 0.05) is 24.5 Å². The Labute approximate surface area is 191 Å². The summed E-state index contributed by atoms with van der Waals surface area (Å²) in [6.45, 7) is 1.76. The zero-order chi connectivity index (χ0) is 19.5. The van der Waals surface area contributed by atoms with Gasteiger partial charge in [-0.15, -0.1) is 29.9 Å². The highest BCUT2D eigenvalue weighted by atomic mass is 35.5. The summed E-state index contributed by atoms with van der Waals surface area (Å²) in [5.74, 6) is 1.07. The van der Waals surface area contributed by atoms with Crippen LogP contribution in [0.4, 0.5) is 15.9 Å². The Kier molecular flexibility index (Phi) is 8.73. The molecule has 6 nitrogen and oxygen atoms in total. The number of hydrogen-bond acceptors (Lipinski definition) is 6. The molecule has 10 heteroatoms. The van der Waals surface area contributed by atoms with E-state index >= 15 is 0 Å². The number of hydrogen-bond donors (Lipinski definition) is 1. The molecular weight excluding hydrogens is 454 g/mol. The summed E-state index contributed by atoms with van der Waals surface area (Å²) >= 11 is 5.87. The zero-order valence-corrected chi connectivity index (χ0v) is 18.6. The zero-order valence-electron chi connectivity index (χ0n) is 16.2. The molecule has 0 radical (unpaired) electrons. The summed E-state index contributed by atoms with van der Waals surface area (Å²) in [4.78, 5) is 14.6. The third-order valence-electron chi connectivity index (χ3n) is 4.67. The first-order valence-electron chi connectivity index (χ1n) is 9.12. The molecular formula is C20H22Cl3FN4O2. The standard InChI is InChI=1S/C20H20ClFN4O2.2ClH/c1-27-17-10-13-16(11-18(17)28-26-8-3-2-4-9-26)23-12-24-20(13)25-15-7-5-6-14(21)19(15)22;;/h5-7,10-12H,2-4,8-9H2,1H3,(H,23,24,25);2*1H. The Bertz CT molecular complexity index is 1000. The van der Waals surface area contributed by atoms with Gasteiger partial charge in [-0.05, 0) is 31.0 Å². The second kappa shape index (κ2) is 10.8. The highest BCUT2D eigenvalue weighted by Crippen LogP contribution is 2.36. The second-order valence-corrected chi connectivity index (χ2v) is 6.96. The molecule has 0 bridgehead atoms. The molecule has 1 saturated heterocycles. The number of benzene rings is 2. The van der Waals surface area contributed by atoms with Crippen molar-refractivity contribution in [3.63, 3.8) is 0 Å². The lowest BCUT2D eigenvalue weighted by Gasteiger charge is -2.26. The van der Waals surface area contributed by atoms with E-state index in [2.05, 4.69) is 15.3 Å². The van der Waals surface area contributed by atoms with Crippen molar-refractivity contribution in [2.45, 2.75) is 19.3 Å². The maximum atomic E-state index is 14.3. The van der Waals surface area contributed by atoms with Crippen LogP contribution >= 0.6 is 36.4 Å². The van der Waals surface area contributed by atoms with Gasteiger partial charge < -0.3 is 14.9 Å². The maximum Gasteiger partial charge on any atom is 0.191 e. The number of fused-ring (bicyclic) bond motifs is 1. The third-order valence-corrected chi connectivity index (χ3v) is 4.96. The van der Waals surface area contributed by atoms with Gasteiger partial charge in [0.1, 0.15) is 12.1 Å². The molecule has 0 aliphatic carbocycles. The number of ether oxygens (including phenoxy) is 1. The number of nitrogens with zero attached hydrogens (tertiary/aromatic N) is 3. The molecule has 162 valence electrons. The van der Waals surface area contributed by atoms with E-state index in [9.17, 15) is 4.39 Å². The van der Waals surface area contributed by atoms with Crippen LogP contribution in [0.3, 0.4) is 0 Å². The minimum absolute atomic E-state index is 0. The van der Waals surface area contributed by atoms with Gasteiger partial charge in [-0.1, -0.05) is 24.1 Å². The van der Waals surface area contributed by atoms with Crippen LogP contribution in [0.5, 0.6) is 11.5 Å². The summed E-state index contributed by atoms with van der Waals surface area (Å²) in [7, 11) is 1.58. The van der Waals surface area contributed by atoms with E-state index in [4.69, 9.17) is 21.2 Å². The lowest BCUT2D eigenvalue weighted by Crippen LogP contribution is -2.32. The first-order valence-corrected chi connectivity index (χ1v) is 9.50. The normalized spacial score (nSPS) is 13.8. The van der Waals surface area contributed by atoms with Crippen LogP contribution in [-0.4, -0.2) is 35.2 Å². The van der Waals surface area contributed by atoms with Crippen LogP contribution in [0.25, 0.3) is 10.9 Å². The van der Waals surface area contributed by atoms with Crippen molar-refractivity contribution in [1.29, 1.82) is 0 Å². The average molecular weight is 476 g/mol. The first-order chi connectivity index (χ1) is 13.7. The Hall–Kier alpha value is -2.06.